The first-order valence-corrected chi connectivity index (χ1v) is 7.60. The van der Waals surface area contributed by atoms with Crippen LogP contribution in [0.4, 0.5) is 0 Å². The van der Waals surface area contributed by atoms with Gasteiger partial charge in [0.05, 0.1) is 17.0 Å². The molecule has 0 radical (unpaired) electrons. The monoisotopic (exact) mass is 423 g/mol. The van der Waals surface area contributed by atoms with Crippen molar-refractivity contribution in [1.82, 2.24) is 5.32 Å². The molecule has 0 heterocycles. The number of nitrogens with one attached hydrogen (secondary N) is 1. The minimum atomic E-state index is -0.980. The van der Waals surface area contributed by atoms with E-state index in [-0.39, 0.29) is 25.5 Å². The van der Waals surface area contributed by atoms with Crippen molar-refractivity contribution in [3.8, 4) is 5.75 Å². The number of aliphatic carboxylic acids is 1. The second kappa shape index (κ2) is 9.01. The number of ether oxygens (including phenoxy) is 2. The Balaban J connectivity index is 2.38. The summed E-state index contributed by atoms with van der Waals surface area (Å²) in [6.45, 7) is -0.0454. The van der Waals surface area contributed by atoms with Crippen molar-refractivity contribution >= 4 is 43.7 Å². The molecule has 1 aromatic carbocycles. The Hall–Kier alpha value is -1.12. The third-order valence-electron chi connectivity index (χ3n) is 2.52. The molecule has 1 atom stereocenters. The first-order valence-electron chi connectivity index (χ1n) is 6.01. The van der Waals surface area contributed by atoms with Crippen LogP contribution >= 0.6 is 31.9 Å². The molecule has 2 N–H and O–H groups in total. The first kappa shape index (κ1) is 17.9. The van der Waals surface area contributed by atoms with E-state index in [1.54, 1.807) is 18.2 Å². The van der Waals surface area contributed by atoms with E-state index in [0.717, 1.165) is 8.95 Å². The van der Waals surface area contributed by atoms with Crippen molar-refractivity contribution in [1.29, 1.82) is 0 Å². The van der Waals surface area contributed by atoms with E-state index >= 15 is 0 Å². The molecule has 1 aromatic rings. The summed E-state index contributed by atoms with van der Waals surface area (Å²) < 4.78 is 11.9. The topological polar surface area (TPSA) is 84.9 Å². The lowest BCUT2D eigenvalue weighted by Crippen LogP contribution is -2.37. The number of halogens is 2. The predicted octanol–water partition coefficient (Wildman–Crippen LogP) is 2.20. The van der Waals surface area contributed by atoms with Gasteiger partial charge in [-0.1, -0.05) is 15.9 Å². The van der Waals surface area contributed by atoms with Crippen LogP contribution in [0.2, 0.25) is 0 Å². The molecule has 0 spiro atoms. The predicted molar refractivity (Wildman–Crippen MR) is 83.4 cm³/mol. The van der Waals surface area contributed by atoms with E-state index < -0.39 is 12.1 Å². The lowest BCUT2D eigenvalue weighted by atomic mass is 10.2. The van der Waals surface area contributed by atoms with Crippen LogP contribution in [0.25, 0.3) is 0 Å². The van der Waals surface area contributed by atoms with Crippen LogP contribution in [0.3, 0.4) is 0 Å². The molecule has 0 aromatic heterocycles. The molecule has 1 unspecified atom stereocenters. The molecule has 1 rings (SSSR count). The van der Waals surface area contributed by atoms with Crippen molar-refractivity contribution in [3.05, 3.63) is 27.1 Å². The summed E-state index contributed by atoms with van der Waals surface area (Å²) in [5.74, 6) is -0.787. The molecule has 0 aliphatic carbocycles. The van der Waals surface area contributed by atoms with Crippen molar-refractivity contribution in [2.24, 2.45) is 0 Å². The summed E-state index contributed by atoms with van der Waals surface area (Å²) >= 11 is 6.64. The van der Waals surface area contributed by atoms with Crippen molar-refractivity contribution in [2.45, 2.75) is 12.5 Å². The van der Waals surface area contributed by atoms with Gasteiger partial charge in [0.2, 0.25) is 0 Å². The summed E-state index contributed by atoms with van der Waals surface area (Å²) in [5, 5.41) is 11.2. The van der Waals surface area contributed by atoms with Crippen LogP contribution in [-0.4, -0.2) is 43.3 Å². The number of carboxylic acid groups (broad SMARTS) is 1. The Kier molecular flexibility index (Phi) is 7.69. The van der Waals surface area contributed by atoms with Gasteiger partial charge in [-0.2, -0.15) is 0 Å². The van der Waals surface area contributed by atoms with Crippen molar-refractivity contribution in [3.63, 3.8) is 0 Å². The average molecular weight is 425 g/mol. The largest absolute Gasteiger partial charge is 0.483 e. The molecule has 8 heteroatoms. The molecule has 0 saturated carbocycles. The maximum absolute atomic E-state index is 11.6. The third-order valence-corrected chi connectivity index (χ3v) is 3.63. The molecule has 0 bridgehead atoms. The number of methoxy groups -OCH3 is 1. The minimum Gasteiger partial charge on any atom is -0.483 e. The second-order valence-corrected chi connectivity index (χ2v) is 5.89. The maximum Gasteiger partial charge on any atom is 0.306 e. The highest BCUT2D eigenvalue weighted by Crippen LogP contribution is 2.27. The van der Waals surface area contributed by atoms with Gasteiger partial charge in [0.25, 0.3) is 5.91 Å². The summed E-state index contributed by atoms with van der Waals surface area (Å²) in [6, 6.07) is 5.33. The van der Waals surface area contributed by atoms with Gasteiger partial charge < -0.3 is 19.9 Å². The standard InChI is InChI=1S/C13H15Br2NO5/c1-20-9(5-13(18)19)6-16-12(17)7-21-11-3-2-8(14)4-10(11)15/h2-4,9H,5-7H2,1H3,(H,16,17)(H,18,19). The minimum absolute atomic E-state index is 0.118. The smallest absolute Gasteiger partial charge is 0.306 e. The van der Waals surface area contributed by atoms with E-state index in [4.69, 9.17) is 14.6 Å². The number of benzene rings is 1. The number of carbonyl (C=O) groups is 2. The molecule has 0 aliphatic rings. The molecule has 1 amide bonds. The quantitative estimate of drug-likeness (QED) is 0.668. The van der Waals surface area contributed by atoms with E-state index in [1.165, 1.54) is 7.11 Å². The summed E-state index contributed by atoms with van der Waals surface area (Å²) in [5.41, 5.74) is 0. The van der Waals surface area contributed by atoms with Gasteiger partial charge in [0, 0.05) is 18.1 Å². The highest BCUT2D eigenvalue weighted by atomic mass is 79.9. The molecule has 6 nitrogen and oxygen atoms in total. The van der Waals surface area contributed by atoms with Crippen molar-refractivity contribution < 1.29 is 24.2 Å². The fourth-order valence-electron chi connectivity index (χ4n) is 1.45. The molecule has 116 valence electrons. The third kappa shape index (κ3) is 6.92. The molecular formula is C13H15Br2NO5. The molecule has 0 saturated heterocycles. The highest BCUT2D eigenvalue weighted by Gasteiger charge is 2.14. The number of hydrogen-bond donors (Lipinski definition) is 2. The van der Waals surface area contributed by atoms with E-state index in [1.807, 2.05) is 0 Å². The fraction of sp³-hybridized carbons (Fsp3) is 0.385. The van der Waals surface area contributed by atoms with E-state index in [9.17, 15) is 9.59 Å². The van der Waals surface area contributed by atoms with Gasteiger partial charge >= 0.3 is 5.97 Å². The van der Waals surface area contributed by atoms with Crippen LogP contribution in [0.5, 0.6) is 5.75 Å². The Morgan fingerprint density at radius 3 is 2.67 bits per heavy atom. The normalized spacial score (nSPS) is 11.8. The van der Waals surface area contributed by atoms with Gasteiger partial charge in [-0.05, 0) is 34.1 Å². The van der Waals surface area contributed by atoms with Gasteiger partial charge in [0.15, 0.2) is 6.61 Å². The Bertz CT molecular complexity index is 509. The zero-order chi connectivity index (χ0) is 15.8. The van der Waals surface area contributed by atoms with Crippen LogP contribution < -0.4 is 10.1 Å². The highest BCUT2D eigenvalue weighted by molar-refractivity contribution is 9.11. The summed E-state index contributed by atoms with van der Waals surface area (Å²) in [4.78, 5) is 22.2. The number of carbonyl (C=O) groups excluding carboxylic acids is 1. The van der Waals surface area contributed by atoms with Crippen LogP contribution in [0, 0.1) is 0 Å². The van der Waals surface area contributed by atoms with Crippen LogP contribution in [0.1, 0.15) is 6.42 Å². The van der Waals surface area contributed by atoms with Gasteiger partial charge in [-0.25, -0.2) is 0 Å². The molecule has 21 heavy (non-hydrogen) atoms. The van der Waals surface area contributed by atoms with Crippen LogP contribution in [-0.2, 0) is 14.3 Å². The molecule has 0 aliphatic heterocycles. The van der Waals surface area contributed by atoms with Crippen molar-refractivity contribution in [2.75, 3.05) is 20.3 Å². The number of hydrogen-bond acceptors (Lipinski definition) is 4. The van der Waals surface area contributed by atoms with E-state index in [2.05, 4.69) is 37.2 Å². The first-order chi connectivity index (χ1) is 9.92. The SMILES string of the molecule is COC(CNC(=O)COc1ccc(Br)cc1Br)CC(=O)O. The fourth-order valence-corrected chi connectivity index (χ4v) is 2.61. The number of carboxylic acids is 1. The number of amides is 1. The number of rotatable bonds is 8. The maximum atomic E-state index is 11.6. The average Bonchev–Trinajstić information content (AvgIpc) is 2.42. The van der Waals surface area contributed by atoms with Gasteiger partial charge in [-0.3, -0.25) is 9.59 Å². The zero-order valence-electron chi connectivity index (χ0n) is 11.3. The van der Waals surface area contributed by atoms with Gasteiger partial charge in [0.1, 0.15) is 5.75 Å². The van der Waals surface area contributed by atoms with Crippen LogP contribution in [0.15, 0.2) is 27.1 Å². The Morgan fingerprint density at radius 2 is 2.10 bits per heavy atom. The van der Waals surface area contributed by atoms with Gasteiger partial charge in [-0.15, -0.1) is 0 Å². The lowest BCUT2D eigenvalue weighted by Gasteiger charge is -2.14. The zero-order valence-corrected chi connectivity index (χ0v) is 14.4. The Morgan fingerprint density at radius 1 is 1.38 bits per heavy atom. The molecular weight excluding hydrogens is 410 g/mol. The van der Waals surface area contributed by atoms with E-state index in [0.29, 0.717) is 5.75 Å². The molecule has 0 fully saturated rings. The Labute approximate surface area is 139 Å². The summed E-state index contributed by atoms with van der Waals surface area (Å²) in [6.07, 6.45) is -0.735. The second-order valence-electron chi connectivity index (χ2n) is 4.12. The lowest BCUT2D eigenvalue weighted by molar-refractivity contribution is -0.140. The summed E-state index contributed by atoms with van der Waals surface area (Å²) in [7, 11) is 1.40.